The van der Waals surface area contributed by atoms with E-state index in [1.807, 2.05) is 0 Å². The van der Waals surface area contributed by atoms with Crippen molar-refractivity contribution < 1.29 is 33.3 Å². The Bertz CT molecular complexity index is 1190. The summed E-state index contributed by atoms with van der Waals surface area (Å²) in [6.07, 6.45) is -0.783. The van der Waals surface area contributed by atoms with Crippen molar-refractivity contribution in [3.63, 3.8) is 0 Å². The van der Waals surface area contributed by atoms with Crippen molar-refractivity contribution in [3.05, 3.63) is 68.5 Å². The number of nitrogens with zero attached hydrogens (tertiary/aromatic N) is 1. The van der Waals surface area contributed by atoms with Crippen molar-refractivity contribution in [3.8, 4) is 11.5 Å². The number of hydrogen-bond acceptors (Lipinski definition) is 5. The van der Waals surface area contributed by atoms with Crippen molar-refractivity contribution in [2.24, 2.45) is 0 Å². The van der Waals surface area contributed by atoms with Crippen molar-refractivity contribution in [1.29, 1.82) is 0 Å². The molecule has 0 aliphatic rings. The van der Waals surface area contributed by atoms with Crippen LogP contribution in [0.25, 0.3) is 10.9 Å². The molecule has 7 nitrogen and oxygen atoms in total. The van der Waals surface area contributed by atoms with Gasteiger partial charge in [-0.05, 0) is 29.8 Å². The maximum Gasteiger partial charge on any atom is 0.511 e. The normalized spacial score (nSPS) is 11.0. The summed E-state index contributed by atoms with van der Waals surface area (Å²) in [5.74, 6) is -2.02. The van der Waals surface area contributed by atoms with E-state index < -0.39 is 29.0 Å². The summed E-state index contributed by atoms with van der Waals surface area (Å²) >= 11 is 5.74. The smallest absolute Gasteiger partial charge is 0.495 e. The highest BCUT2D eigenvalue weighted by Crippen LogP contribution is 2.30. The number of rotatable bonds is 6. The number of fused-ring (bicyclic) bond motifs is 1. The zero-order chi connectivity index (χ0) is 22.0. The van der Waals surface area contributed by atoms with Gasteiger partial charge in [0.1, 0.15) is 17.4 Å². The van der Waals surface area contributed by atoms with Gasteiger partial charge in [-0.15, -0.1) is 0 Å². The standard InChI is InChI=1S/C20H16ClF2NO6/c1-29-15-8-10(6-11-14(22)3-2-13(21)17(11)23)7-12-18(15)24(4-5-25)9-16(19(12)26)30-20(27)28/h2-3,7-9,25H,4-6H2,1H3,(H,27,28). The van der Waals surface area contributed by atoms with E-state index in [4.69, 9.17) is 21.4 Å². The van der Waals surface area contributed by atoms with E-state index in [9.17, 15) is 23.5 Å². The second kappa shape index (κ2) is 8.68. The number of hydrogen-bond donors (Lipinski definition) is 2. The van der Waals surface area contributed by atoms with E-state index in [1.54, 1.807) is 0 Å². The van der Waals surface area contributed by atoms with Crippen LogP contribution in [-0.2, 0) is 13.0 Å². The number of aromatic nitrogens is 1. The van der Waals surface area contributed by atoms with E-state index in [2.05, 4.69) is 4.74 Å². The third kappa shape index (κ3) is 4.07. The molecule has 158 valence electrons. The summed E-state index contributed by atoms with van der Waals surface area (Å²) in [5.41, 5.74) is -0.462. The number of carbonyl (C=O) groups is 1. The lowest BCUT2D eigenvalue weighted by atomic mass is 10.0. The Kier molecular flexibility index (Phi) is 6.23. The van der Waals surface area contributed by atoms with E-state index >= 15 is 0 Å². The van der Waals surface area contributed by atoms with E-state index in [1.165, 1.54) is 23.8 Å². The fourth-order valence-electron chi connectivity index (χ4n) is 3.18. The van der Waals surface area contributed by atoms with Crippen LogP contribution in [0.1, 0.15) is 11.1 Å². The third-order valence-electron chi connectivity index (χ3n) is 4.44. The van der Waals surface area contributed by atoms with Crippen molar-refractivity contribution >= 4 is 28.7 Å². The highest BCUT2D eigenvalue weighted by Gasteiger charge is 2.19. The molecule has 0 aliphatic carbocycles. The molecule has 0 aliphatic heterocycles. The predicted octanol–water partition coefficient (Wildman–Crippen LogP) is 3.58. The van der Waals surface area contributed by atoms with Gasteiger partial charge in [0.25, 0.3) is 0 Å². The Labute approximate surface area is 173 Å². The fourth-order valence-corrected chi connectivity index (χ4v) is 3.35. The Balaban J connectivity index is 2.26. The largest absolute Gasteiger partial charge is 0.511 e. The summed E-state index contributed by atoms with van der Waals surface area (Å²) in [6.45, 7) is -0.297. The van der Waals surface area contributed by atoms with Crippen LogP contribution in [0.5, 0.6) is 11.5 Å². The van der Waals surface area contributed by atoms with E-state index in [-0.39, 0.29) is 46.8 Å². The van der Waals surface area contributed by atoms with Crippen LogP contribution >= 0.6 is 11.6 Å². The lowest BCUT2D eigenvalue weighted by molar-refractivity contribution is 0.143. The minimum absolute atomic E-state index is 0.000561. The van der Waals surface area contributed by atoms with Crippen LogP contribution in [0.3, 0.4) is 0 Å². The second-order valence-corrected chi connectivity index (χ2v) is 6.71. The molecule has 0 atom stereocenters. The molecule has 2 N–H and O–H groups in total. The van der Waals surface area contributed by atoms with Gasteiger partial charge < -0.3 is 24.3 Å². The monoisotopic (exact) mass is 439 g/mol. The molecule has 1 aromatic heterocycles. The number of pyridine rings is 1. The SMILES string of the molecule is COc1cc(Cc2c(F)ccc(Cl)c2F)cc2c(=O)c(OC(=O)O)cn(CCO)c12. The molecule has 0 amide bonds. The Hall–Kier alpha value is -3.17. The first kappa shape index (κ1) is 21.5. The van der Waals surface area contributed by atoms with Gasteiger partial charge in [-0.25, -0.2) is 13.6 Å². The quantitative estimate of drug-likeness (QED) is 0.450. The van der Waals surface area contributed by atoms with Crippen molar-refractivity contribution in [2.45, 2.75) is 13.0 Å². The van der Waals surface area contributed by atoms with Gasteiger partial charge in [0.15, 0.2) is 5.75 Å². The van der Waals surface area contributed by atoms with Gasteiger partial charge in [-0.1, -0.05) is 11.6 Å². The second-order valence-electron chi connectivity index (χ2n) is 6.30. The van der Waals surface area contributed by atoms with Crippen molar-refractivity contribution in [2.75, 3.05) is 13.7 Å². The van der Waals surface area contributed by atoms with Crippen LogP contribution in [-0.4, -0.2) is 34.7 Å². The number of aliphatic hydroxyl groups is 1. The summed E-state index contributed by atoms with van der Waals surface area (Å²) in [4.78, 5) is 23.7. The van der Waals surface area contributed by atoms with Crippen LogP contribution in [0.15, 0.2) is 35.3 Å². The minimum atomic E-state index is -1.69. The number of aliphatic hydroxyl groups excluding tert-OH is 1. The minimum Gasteiger partial charge on any atom is -0.495 e. The highest BCUT2D eigenvalue weighted by molar-refractivity contribution is 6.30. The molecule has 10 heteroatoms. The molecule has 0 unspecified atom stereocenters. The Morgan fingerprint density at radius 2 is 1.97 bits per heavy atom. The van der Waals surface area contributed by atoms with Gasteiger partial charge in [-0.3, -0.25) is 4.79 Å². The number of ether oxygens (including phenoxy) is 2. The van der Waals surface area contributed by atoms with Crippen LogP contribution in [0.2, 0.25) is 5.02 Å². The molecule has 30 heavy (non-hydrogen) atoms. The molecular formula is C20H16ClF2NO6. The van der Waals surface area contributed by atoms with Gasteiger partial charge in [0.05, 0.1) is 35.8 Å². The molecule has 0 fully saturated rings. The van der Waals surface area contributed by atoms with Crippen molar-refractivity contribution in [1.82, 2.24) is 4.57 Å². The summed E-state index contributed by atoms with van der Waals surface area (Å²) in [5, 5.41) is 18.0. The molecular weight excluding hydrogens is 424 g/mol. The Morgan fingerprint density at radius 1 is 1.23 bits per heavy atom. The first-order valence-electron chi connectivity index (χ1n) is 8.64. The van der Waals surface area contributed by atoms with Gasteiger partial charge >= 0.3 is 6.16 Å². The molecule has 1 heterocycles. The number of carboxylic acid groups (broad SMARTS) is 1. The van der Waals surface area contributed by atoms with Gasteiger partial charge in [-0.2, -0.15) is 0 Å². The number of benzene rings is 2. The lowest BCUT2D eigenvalue weighted by Crippen LogP contribution is -2.18. The topological polar surface area (TPSA) is 98.0 Å². The fraction of sp³-hybridized carbons (Fsp3) is 0.200. The summed E-state index contributed by atoms with van der Waals surface area (Å²) in [7, 11) is 1.34. The molecule has 3 rings (SSSR count). The number of methoxy groups -OCH3 is 1. The molecule has 3 aromatic rings. The third-order valence-corrected chi connectivity index (χ3v) is 4.73. The maximum atomic E-state index is 14.3. The first-order chi connectivity index (χ1) is 14.3. The predicted molar refractivity (Wildman–Crippen MR) is 105 cm³/mol. The maximum absolute atomic E-state index is 14.3. The van der Waals surface area contributed by atoms with E-state index in [0.29, 0.717) is 5.56 Å². The summed E-state index contributed by atoms with van der Waals surface area (Å²) < 4.78 is 39.8. The molecule has 2 aromatic carbocycles. The van der Waals surface area contributed by atoms with Crippen LogP contribution in [0, 0.1) is 11.6 Å². The summed E-state index contributed by atoms with van der Waals surface area (Å²) in [6, 6.07) is 4.99. The highest BCUT2D eigenvalue weighted by atomic mass is 35.5. The van der Waals surface area contributed by atoms with Crippen LogP contribution in [0.4, 0.5) is 13.6 Å². The zero-order valence-electron chi connectivity index (χ0n) is 15.6. The molecule has 0 spiro atoms. The van der Waals surface area contributed by atoms with Gasteiger partial charge in [0, 0.05) is 18.5 Å². The molecule has 0 saturated carbocycles. The Morgan fingerprint density at radius 3 is 2.60 bits per heavy atom. The number of halogens is 3. The molecule has 0 bridgehead atoms. The van der Waals surface area contributed by atoms with Gasteiger partial charge in [0.2, 0.25) is 5.43 Å². The zero-order valence-corrected chi connectivity index (χ0v) is 16.4. The average molecular weight is 440 g/mol. The van der Waals surface area contributed by atoms with Crippen LogP contribution < -0.4 is 14.9 Å². The first-order valence-corrected chi connectivity index (χ1v) is 9.02. The van der Waals surface area contributed by atoms with E-state index in [0.717, 1.165) is 18.3 Å². The lowest BCUT2D eigenvalue weighted by Gasteiger charge is -2.16. The molecule has 0 radical (unpaired) electrons. The average Bonchev–Trinajstić information content (AvgIpc) is 2.70. The molecule has 0 saturated heterocycles.